The average molecular weight is 256 g/mol. The minimum absolute atomic E-state index is 0.340. The van der Waals surface area contributed by atoms with Crippen molar-refractivity contribution >= 4 is 5.97 Å². The van der Waals surface area contributed by atoms with Crippen LogP contribution in [0.5, 0.6) is 0 Å². The maximum absolute atomic E-state index is 11.8. The average Bonchev–Trinajstić information content (AvgIpc) is 2.87. The van der Waals surface area contributed by atoms with Crippen molar-refractivity contribution in [3.05, 3.63) is 47.3 Å². The molecule has 3 rings (SSSR count). The Balaban J connectivity index is 2.15. The standard InChI is InChI=1S/C15H16N2O2/c1-19-15(18)14-12-9-5-6-10-13(12)17(16-14)11-7-3-2-4-8-11/h2-4,7-8H,5-6,9-10H2,1H3. The van der Waals surface area contributed by atoms with Gasteiger partial charge in [0.25, 0.3) is 0 Å². The van der Waals surface area contributed by atoms with Gasteiger partial charge in [-0.1, -0.05) is 18.2 Å². The number of fused-ring (bicyclic) bond motifs is 1. The molecule has 0 N–H and O–H groups in total. The van der Waals surface area contributed by atoms with E-state index >= 15 is 0 Å². The number of carbonyl (C=O) groups is 1. The van der Waals surface area contributed by atoms with Gasteiger partial charge in [-0.15, -0.1) is 0 Å². The summed E-state index contributed by atoms with van der Waals surface area (Å²) >= 11 is 0. The van der Waals surface area contributed by atoms with E-state index < -0.39 is 0 Å². The van der Waals surface area contributed by atoms with E-state index in [2.05, 4.69) is 5.10 Å². The van der Waals surface area contributed by atoms with Crippen LogP contribution in [0.1, 0.15) is 34.6 Å². The Morgan fingerprint density at radius 3 is 2.68 bits per heavy atom. The molecule has 1 aliphatic carbocycles. The minimum Gasteiger partial charge on any atom is -0.464 e. The Morgan fingerprint density at radius 2 is 1.95 bits per heavy atom. The maximum Gasteiger partial charge on any atom is 0.358 e. The highest BCUT2D eigenvalue weighted by molar-refractivity contribution is 5.89. The summed E-state index contributed by atoms with van der Waals surface area (Å²) in [6, 6.07) is 9.93. The first kappa shape index (κ1) is 12.0. The highest BCUT2D eigenvalue weighted by Crippen LogP contribution is 2.27. The minimum atomic E-state index is -0.340. The van der Waals surface area contributed by atoms with Gasteiger partial charge in [-0.3, -0.25) is 0 Å². The van der Waals surface area contributed by atoms with Crippen molar-refractivity contribution in [3.63, 3.8) is 0 Å². The van der Waals surface area contributed by atoms with Gasteiger partial charge in [0.05, 0.1) is 12.8 Å². The van der Waals surface area contributed by atoms with Crippen molar-refractivity contribution < 1.29 is 9.53 Å². The summed E-state index contributed by atoms with van der Waals surface area (Å²) in [7, 11) is 1.40. The van der Waals surface area contributed by atoms with Gasteiger partial charge in [0.2, 0.25) is 0 Å². The van der Waals surface area contributed by atoms with Crippen LogP contribution in [0.15, 0.2) is 30.3 Å². The molecular weight excluding hydrogens is 240 g/mol. The van der Waals surface area contributed by atoms with E-state index in [1.807, 2.05) is 35.0 Å². The maximum atomic E-state index is 11.8. The number of carbonyl (C=O) groups excluding carboxylic acids is 1. The molecular formula is C15H16N2O2. The van der Waals surface area contributed by atoms with E-state index in [1.54, 1.807) is 0 Å². The molecule has 0 aliphatic heterocycles. The smallest absolute Gasteiger partial charge is 0.358 e. The number of methoxy groups -OCH3 is 1. The van der Waals surface area contributed by atoms with Gasteiger partial charge in [-0.25, -0.2) is 9.48 Å². The molecule has 4 heteroatoms. The zero-order valence-corrected chi connectivity index (χ0v) is 10.9. The van der Waals surface area contributed by atoms with E-state index in [9.17, 15) is 4.79 Å². The Morgan fingerprint density at radius 1 is 1.21 bits per heavy atom. The SMILES string of the molecule is COC(=O)c1nn(-c2ccccc2)c2c1CCCC2. The van der Waals surface area contributed by atoms with Crippen molar-refractivity contribution in [2.45, 2.75) is 25.7 Å². The van der Waals surface area contributed by atoms with Crippen LogP contribution in [0.4, 0.5) is 0 Å². The first-order chi connectivity index (χ1) is 9.31. The Labute approximate surface area is 112 Å². The van der Waals surface area contributed by atoms with Crippen LogP contribution in [0.3, 0.4) is 0 Å². The molecule has 0 bridgehead atoms. The van der Waals surface area contributed by atoms with Gasteiger partial charge in [-0.05, 0) is 37.8 Å². The summed E-state index contributed by atoms with van der Waals surface area (Å²) < 4.78 is 6.73. The third kappa shape index (κ3) is 2.03. The fourth-order valence-electron chi connectivity index (χ4n) is 2.64. The van der Waals surface area contributed by atoms with Gasteiger partial charge in [0.1, 0.15) is 0 Å². The zero-order valence-electron chi connectivity index (χ0n) is 10.9. The number of aromatic nitrogens is 2. The molecule has 0 saturated carbocycles. The quantitative estimate of drug-likeness (QED) is 0.776. The molecule has 0 unspecified atom stereocenters. The number of para-hydroxylation sites is 1. The largest absolute Gasteiger partial charge is 0.464 e. The van der Waals surface area contributed by atoms with Gasteiger partial charge in [-0.2, -0.15) is 5.10 Å². The monoisotopic (exact) mass is 256 g/mol. The molecule has 1 aromatic heterocycles. The molecule has 1 aromatic carbocycles. The third-order valence-electron chi connectivity index (χ3n) is 3.56. The van der Waals surface area contributed by atoms with E-state index in [1.165, 1.54) is 7.11 Å². The topological polar surface area (TPSA) is 44.1 Å². The second-order valence-electron chi connectivity index (χ2n) is 4.72. The lowest BCUT2D eigenvalue weighted by Gasteiger charge is -2.13. The number of ether oxygens (including phenoxy) is 1. The fourth-order valence-corrected chi connectivity index (χ4v) is 2.64. The summed E-state index contributed by atoms with van der Waals surface area (Å²) in [5.41, 5.74) is 3.68. The van der Waals surface area contributed by atoms with E-state index in [4.69, 9.17) is 4.74 Å². The Bertz CT molecular complexity index is 602. The van der Waals surface area contributed by atoms with Crippen LogP contribution in [0.2, 0.25) is 0 Å². The number of hydrogen-bond acceptors (Lipinski definition) is 3. The van der Waals surface area contributed by atoms with Crippen LogP contribution >= 0.6 is 0 Å². The molecule has 98 valence electrons. The number of nitrogens with zero attached hydrogens (tertiary/aromatic N) is 2. The van der Waals surface area contributed by atoms with Crippen LogP contribution < -0.4 is 0 Å². The predicted molar refractivity (Wildman–Crippen MR) is 71.5 cm³/mol. The van der Waals surface area contributed by atoms with Crippen molar-refractivity contribution in [2.75, 3.05) is 7.11 Å². The summed E-state index contributed by atoms with van der Waals surface area (Å²) in [5, 5.41) is 4.47. The van der Waals surface area contributed by atoms with Crippen LogP contribution in [0, 0.1) is 0 Å². The highest BCUT2D eigenvalue weighted by atomic mass is 16.5. The van der Waals surface area contributed by atoms with E-state index in [0.29, 0.717) is 5.69 Å². The molecule has 2 aromatic rings. The van der Waals surface area contributed by atoms with Crippen molar-refractivity contribution in [1.29, 1.82) is 0 Å². The molecule has 0 atom stereocenters. The zero-order chi connectivity index (χ0) is 13.2. The van der Waals surface area contributed by atoms with Crippen LogP contribution in [0.25, 0.3) is 5.69 Å². The number of esters is 1. The van der Waals surface area contributed by atoms with Gasteiger partial charge in [0.15, 0.2) is 5.69 Å². The molecule has 0 fully saturated rings. The molecule has 19 heavy (non-hydrogen) atoms. The number of benzene rings is 1. The lowest BCUT2D eigenvalue weighted by atomic mass is 9.95. The second kappa shape index (κ2) is 4.88. The van der Waals surface area contributed by atoms with E-state index in [-0.39, 0.29) is 5.97 Å². The second-order valence-corrected chi connectivity index (χ2v) is 4.72. The lowest BCUT2D eigenvalue weighted by Crippen LogP contribution is -2.09. The van der Waals surface area contributed by atoms with Gasteiger partial charge in [0, 0.05) is 11.3 Å². The summed E-state index contributed by atoms with van der Waals surface area (Å²) in [6.07, 6.45) is 4.13. The van der Waals surface area contributed by atoms with Gasteiger partial charge < -0.3 is 4.74 Å². The number of hydrogen-bond donors (Lipinski definition) is 0. The molecule has 1 heterocycles. The van der Waals surface area contributed by atoms with Crippen molar-refractivity contribution in [2.24, 2.45) is 0 Å². The van der Waals surface area contributed by atoms with Crippen LogP contribution in [-0.2, 0) is 17.6 Å². The predicted octanol–water partition coefficient (Wildman–Crippen LogP) is 2.54. The Hall–Kier alpha value is -2.10. The molecule has 0 spiro atoms. The first-order valence-electron chi connectivity index (χ1n) is 6.56. The summed E-state index contributed by atoms with van der Waals surface area (Å²) in [5.74, 6) is -0.340. The fraction of sp³-hybridized carbons (Fsp3) is 0.333. The normalized spacial score (nSPS) is 13.9. The highest BCUT2D eigenvalue weighted by Gasteiger charge is 2.25. The number of rotatable bonds is 2. The molecule has 1 aliphatic rings. The van der Waals surface area contributed by atoms with Crippen molar-refractivity contribution in [3.8, 4) is 5.69 Å². The van der Waals surface area contributed by atoms with Crippen molar-refractivity contribution in [1.82, 2.24) is 9.78 Å². The molecule has 0 radical (unpaired) electrons. The third-order valence-corrected chi connectivity index (χ3v) is 3.56. The molecule has 4 nitrogen and oxygen atoms in total. The molecule has 0 saturated heterocycles. The first-order valence-corrected chi connectivity index (χ1v) is 6.56. The van der Waals surface area contributed by atoms with E-state index in [0.717, 1.165) is 42.6 Å². The summed E-state index contributed by atoms with van der Waals surface area (Å²) in [4.78, 5) is 11.8. The Kier molecular flexibility index (Phi) is 3.07. The summed E-state index contributed by atoms with van der Waals surface area (Å²) in [6.45, 7) is 0. The van der Waals surface area contributed by atoms with Gasteiger partial charge >= 0.3 is 5.97 Å². The molecule has 0 amide bonds. The van der Waals surface area contributed by atoms with Crippen LogP contribution in [-0.4, -0.2) is 22.9 Å². The lowest BCUT2D eigenvalue weighted by molar-refractivity contribution is 0.0592.